The summed E-state index contributed by atoms with van der Waals surface area (Å²) in [6.07, 6.45) is 4.34. The minimum absolute atomic E-state index is 0.254. The SMILES string of the molecule is CC/C(C)=C/CC(C)CC(=O)O. The Hall–Kier alpha value is -0.790. The summed E-state index contributed by atoms with van der Waals surface area (Å²) in [5.74, 6) is -0.450. The van der Waals surface area contributed by atoms with Gasteiger partial charge in [0.1, 0.15) is 0 Å². The molecule has 0 aliphatic rings. The molecule has 0 saturated carbocycles. The predicted molar refractivity (Wildman–Crippen MR) is 50.1 cm³/mol. The number of aliphatic carboxylic acids is 1. The number of hydrogen-bond donors (Lipinski definition) is 1. The molecule has 0 amide bonds. The molecule has 0 saturated heterocycles. The summed E-state index contributed by atoms with van der Waals surface area (Å²) in [6, 6.07) is 0. The first kappa shape index (κ1) is 11.2. The fourth-order valence-electron chi connectivity index (χ4n) is 0.928. The van der Waals surface area contributed by atoms with Crippen molar-refractivity contribution >= 4 is 5.97 Å². The first-order valence-electron chi connectivity index (χ1n) is 4.43. The molecule has 0 aliphatic carbocycles. The van der Waals surface area contributed by atoms with E-state index in [1.165, 1.54) is 5.57 Å². The Bertz CT molecular complexity index is 171. The van der Waals surface area contributed by atoms with Crippen molar-refractivity contribution in [3.63, 3.8) is 0 Å². The van der Waals surface area contributed by atoms with Gasteiger partial charge in [0.05, 0.1) is 0 Å². The second-order valence-corrected chi connectivity index (χ2v) is 3.34. The van der Waals surface area contributed by atoms with Crippen LogP contribution in [0.5, 0.6) is 0 Å². The molecule has 1 N–H and O–H groups in total. The first-order chi connectivity index (χ1) is 5.56. The minimum Gasteiger partial charge on any atom is -0.481 e. The van der Waals surface area contributed by atoms with E-state index in [2.05, 4.69) is 19.9 Å². The van der Waals surface area contributed by atoms with Crippen molar-refractivity contribution in [2.45, 2.75) is 40.0 Å². The zero-order valence-corrected chi connectivity index (χ0v) is 8.13. The van der Waals surface area contributed by atoms with Crippen LogP contribution in [0.3, 0.4) is 0 Å². The van der Waals surface area contributed by atoms with E-state index < -0.39 is 5.97 Å². The molecule has 0 bridgehead atoms. The van der Waals surface area contributed by atoms with Crippen LogP contribution in [0.2, 0.25) is 0 Å². The molecule has 0 radical (unpaired) electrons. The summed E-state index contributed by atoms with van der Waals surface area (Å²) in [6.45, 7) is 6.15. The average molecular weight is 170 g/mol. The Morgan fingerprint density at radius 1 is 1.58 bits per heavy atom. The fraction of sp³-hybridized carbons (Fsp3) is 0.700. The Morgan fingerprint density at radius 2 is 2.17 bits per heavy atom. The van der Waals surface area contributed by atoms with Crippen LogP contribution in [0.1, 0.15) is 40.0 Å². The van der Waals surface area contributed by atoms with Crippen molar-refractivity contribution in [3.05, 3.63) is 11.6 Å². The van der Waals surface area contributed by atoms with Gasteiger partial charge in [-0.25, -0.2) is 0 Å². The Balaban J connectivity index is 3.70. The van der Waals surface area contributed by atoms with Crippen LogP contribution < -0.4 is 0 Å². The summed E-state index contributed by atoms with van der Waals surface area (Å²) in [5.41, 5.74) is 1.34. The van der Waals surface area contributed by atoms with Crippen molar-refractivity contribution in [3.8, 4) is 0 Å². The highest BCUT2D eigenvalue weighted by Gasteiger charge is 2.05. The number of carboxylic acids is 1. The highest BCUT2D eigenvalue weighted by atomic mass is 16.4. The van der Waals surface area contributed by atoms with E-state index in [1.54, 1.807) is 0 Å². The molecule has 0 aliphatic heterocycles. The average Bonchev–Trinajstić information content (AvgIpc) is 1.99. The topological polar surface area (TPSA) is 37.3 Å². The number of allylic oxidation sites excluding steroid dienone is 2. The number of carboxylic acid groups (broad SMARTS) is 1. The van der Waals surface area contributed by atoms with E-state index in [1.807, 2.05) is 6.92 Å². The molecule has 2 nitrogen and oxygen atoms in total. The van der Waals surface area contributed by atoms with Gasteiger partial charge in [-0.3, -0.25) is 4.79 Å². The van der Waals surface area contributed by atoms with Crippen molar-refractivity contribution in [1.82, 2.24) is 0 Å². The lowest BCUT2D eigenvalue weighted by Crippen LogP contribution is -2.02. The zero-order valence-electron chi connectivity index (χ0n) is 8.13. The molecule has 0 aromatic carbocycles. The summed E-state index contributed by atoms with van der Waals surface area (Å²) in [7, 11) is 0. The van der Waals surface area contributed by atoms with Gasteiger partial charge in [0.25, 0.3) is 0 Å². The zero-order chi connectivity index (χ0) is 9.56. The summed E-state index contributed by atoms with van der Waals surface area (Å²) in [5, 5.41) is 8.49. The third kappa shape index (κ3) is 5.96. The Labute approximate surface area is 74.3 Å². The molecule has 0 fully saturated rings. The van der Waals surface area contributed by atoms with E-state index in [-0.39, 0.29) is 12.3 Å². The first-order valence-corrected chi connectivity index (χ1v) is 4.43. The number of carbonyl (C=O) groups is 1. The van der Waals surface area contributed by atoms with Crippen molar-refractivity contribution in [2.24, 2.45) is 5.92 Å². The van der Waals surface area contributed by atoms with Gasteiger partial charge in [-0.05, 0) is 25.7 Å². The Morgan fingerprint density at radius 3 is 2.58 bits per heavy atom. The summed E-state index contributed by atoms with van der Waals surface area (Å²) >= 11 is 0. The van der Waals surface area contributed by atoms with Crippen molar-refractivity contribution in [2.75, 3.05) is 0 Å². The molecule has 12 heavy (non-hydrogen) atoms. The molecule has 2 heteroatoms. The maximum absolute atomic E-state index is 10.3. The van der Waals surface area contributed by atoms with Gasteiger partial charge in [-0.1, -0.05) is 25.5 Å². The monoisotopic (exact) mass is 170 g/mol. The third-order valence-electron chi connectivity index (χ3n) is 1.95. The van der Waals surface area contributed by atoms with Crippen molar-refractivity contribution in [1.29, 1.82) is 0 Å². The van der Waals surface area contributed by atoms with Crippen LogP contribution in [-0.2, 0) is 4.79 Å². The molecule has 0 aromatic heterocycles. The molecule has 1 atom stereocenters. The van der Waals surface area contributed by atoms with Gasteiger partial charge < -0.3 is 5.11 Å². The quantitative estimate of drug-likeness (QED) is 0.644. The predicted octanol–water partition coefficient (Wildman–Crippen LogP) is 2.84. The smallest absolute Gasteiger partial charge is 0.303 e. The van der Waals surface area contributed by atoms with Gasteiger partial charge in [0.15, 0.2) is 0 Å². The summed E-state index contributed by atoms with van der Waals surface area (Å²) in [4.78, 5) is 10.3. The maximum Gasteiger partial charge on any atom is 0.303 e. The minimum atomic E-state index is -0.704. The number of hydrogen-bond acceptors (Lipinski definition) is 1. The van der Waals surface area contributed by atoms with Gasteiger partial charge >= 0.3 is 5.97 Å². The second kappa shape index (κ2) is 5.81. The molecule has 1 unspecified atom stereocenters. The van der Waals surface area contributed by atoms with Crippen LogP contribution in [0, 0.1) is 5.92 Å². The standard InChI is InChI=1S/C10H18O2/c1-4-8(2)5-6-9(3)7-10(11)12/h5,9H,4,6-7H2,1-3H3,(H,11,12)/b8-5+. The van der Waals surface area contributed by atoms with E-state index >= 15 is 0 Å². The van der Waals surface area contributed by atoms with E-state index in [9.17, 15) is 4.79 Å². The fourth-order valence-corrected chi connectivity index (χ4v) is 0.928. The highest BCUT2D eigenvalue weighted by molar-refractivity contribution is 5.66. The molecular formula is C10H18O2. The lowest BCUT2D eigenvalue weighted by Gasteiger charge is -2.04. The van der Waals surface area contributed by atoms with Crippen LogP contribution in [0.25, 0.3) is 0 Å². The normalized spacial score (nSPS) is 14.4. The Kier molecular flexibility index (Phi) is 5.43. The molecule has 0 aromatic rings. The van der Waals surface area contributed by atoms with E-state index in [0.717, 1.165) is 12.8 Å². The summed E-state index contributed by atoms with van der Waals surface area (Å²) < 4.78 is 0. The molecule has 0 spiro atoms. The van der Waals surface area contributed by atoms with Gasteiger partial charge in [0.2, 0.25) is 0 Å². The van der Waals surface area contributed by atoms with Gasteiger partial charge in [-0.2, -0.15) is 0 Å². The molecule has 0 heterocycles. The molecule has 0 rings (SSSR count). The lowest BCUT2D eigenvalue weighted by atomic mass is 10.0. The highest BCUT2D eigenvalue weighted by Crippen LogP contribution is 2.10. The number of rotatable bonds is 5. The maximum atomic E-state index is 10.3. The third-order valence-corrected chi connectivity index (χ3v) is 1.95. The van der Waals surface area contributed by atoms with Crippen LogP contribution in [0.4, 0.5) is 0 Å². The molecular weight excluding hydrogens is 152 g/mol. The van der Waals surface area contributed by atoms with E-state index in [4.69, 9.17) is 5.11 Å². The van der Waals surface area contributed by atoms with E-state index in [0.29, 0.717) is 0 Å². The lowest BCUT2D eigenvalue weighted by molar-refractivity contribution is -0.137. The van der Waals surface area contributed by atoms with Gasteiger partial charge in [0, 0.05) is 6.42 Å². The van der Waals surface area contributed by atoms with Crippen LogP contribution in [-0.4, -0.2) is 11.1 Å². The van der Waals surface area contributed by atoms with Crippen molar-refractivity contribution < 1.29 is 9.90 Å². The van der Waals surface area contributed by atoms with Crippen LogP contribution in [0.15, 0.2) is 11.6 Å². The van der Waals surface area contributed by atoms with Gasteiger partial charge in [-0.15, -0.1) is 0 Å². The van der Waals surface area contributed by atoms with Crippen LogP contribution >= 0.6 is 0 Å². The second-order valence-electron chi connectivity index (χ2n) is 3.34. The largest absolute Gasteiger partial charge is 0.481 e. The molecule has 70 valence electrons.